The molecule has 0 aliphatic carbocycles. The number of nitrogens with zero attached hydrogens (tertiary/aromatic N) is 3. The van der Waals surface area contributed by atoms with Crippen LogP contribution in [0.2, 0.25) is 0 Å². The summed E-state index contributed by atoms with van der Waals surface area (Å²) in [5.41, 5.74) is 2.17. The van der Waals surface area contributed by atoms with Crippen LogP contribution < -0.4 is 9.47 Å². The summed E-state index contributed by atoms with van der Waals surface area (Å²) in [5.74, 6) is 0.611. The fourth-order valence-electron chi connectivity index (χ4n) is 3.00. The molecule has 3 aromatic heterocycles. The number of methoxy groups -OCH3 is 1. The Balaban J connectivity index is 1.82. The number of pyridine rings is 1. The van der Waals surface area contributed by atoms with E-state index in [0.29, 0.717) is 23.8 Å². The van der Waals surface area contributed by atoms with Crippen LogP contribution in [-0.4, -0.2) is 34.1 Å². The maximum Gasteiger partial charge on any atom is 0.340 e. The molecule has 0 aliphatic heterocycles. The lowest BCUT2D eigenvalue weighted by Crippen LogP contribution is -2.04. The molecule has 3 heterocycles. The number of benzene rings is 1. The van der Waals surface area contributed by atoms with Gasteiger partial charge in [-0.1, -0.05) is 6.07 Å². The van der Waals surface area contributed by atoms with E-state index in [-0.39, 0.29) is 12.0 Å². The van der Waals surface area contributed by atoms with Gasteiger partial charge in [0.25, 0.3) is 0 Å². The van der Waals surface area contributed by atoms with E-state index in [1.54, 1.807) is 25.3 Å². The molecule has 0 atom stereocenters. The van der Waals surface area contributed by atoms with E-state index in [1.807, 2.05) is 40.9 Å². The topological polar surface area (TPSA) is 75.0 Å². The highest BCUT2D eigenvalue weighted by Crippen LogP contribution is 2.31. The van der Waals surface area contributed by atoms with Crippen LogP contribution in [0.15, 0.2) is 54.9 Å². The summed E-state index contributed by atoms with van der Waals surface area (Å²) in [6.45, 7) is 2.11. The average Bonchev–Trinajstić information content (AvgIpc) is 3.02. The van der Waals surface area contributed by atoms with Crippen molar-refractivity contribution in [1.82, 2.24) is 14.4 Å². The first kappa shape index (κ1) is 16.8. The van der Waals surface area contributed by atoms with Gasteiger partial charge in [-0.15, -0.1) is 0 Å². The van der Waals surface area contributed by atoms with Crippen molar-refractivity contribution in [2.75, 3.05) is 13.7 Å². The summed E-state index contributed by atoms with van der Waals surface area (Å²) < 4.78 is 18.0. The number of aromatic nitrogens is 3. The number of hydrogen-bond acceptors (Lipinski definition) is 6. The monoisotopic (exact) mass is 363 g/mol. The Hall–Kier alpha value is -3.61. The van der Waals surface area contributed by atoms with Crippen molar-refractivity contribution in [3.63, 3.8) is 0 Å². The van der Waals surface area contributed by atoms with Gasteiger partial charge in [0.15, 0.2) is 0 Å². The van der Waals surface area contributed by atoms with Gasteiger partial charge >= 0.3 is 12.0 Å². The summed E-state index contributed by atoms with van der Waals surface area (Å²) in [6, 6.07) is 13.1. The molecule has 0 aliphatic rings. The number of carbonyl (C=O) groups is 1. The maximum atomic E-state index is 12.5. The van der Waals surface area contributed by atoms with E-state index in [9.17, 15) is 4.79 Å². The Labute approximate surface area is 155 Å². The van der Waals surface area contributed by atoms with E-state index in [2.05, 4.69) is 9.97 Å². The highest BCUT2D eigenvalue weighted by atomic mass is 16.5. The molecule has 0 saturated heterocycles. The zero-order valence-electron chi connectivity index (χ0n) is 14.9. The van der Waals surface area contributed by atoms with Crippen LogP contribution in [0.25, 0.3) is 16.4 Å². The largest absolute Gasteiger partial charge is 0.467 e. The van der Waals surface area contributed by atoms with Crippen molar-refractivity contribution >= 4 is 22.4 Å². The quantitative estimate of drug-likeness (QED) is 0.501. The van der Waals surface area contributed by atoms with Gasteiger partial charge in [0.2, 0.25) is 5.88 Å². The van der Waals surface area contributed by atoms with E-state index in [1.165, 1.54) is 7.11 Å². The molecule has 4 rings (SSSR count). The first-order valence-corrected chi connectivity index (χ1v) is 8.46. The van der Waals surface area contributed by atoms with Gasteiger partial charge in [0.1, 0.15) is 5.75 Å². The summed E-state index contributed by atoms with van der Waals surface area (Å²) in [4.78, 5) is 20.6. The van der Waals surface area contributed by atoms with Crippen LogP contribution in [0.1, 0.15) is 17.3 Å². The minimum atomic E-state index is -0.342. The van der Waals surface area contributed by atoms with Crippen LogP contribution in [0.4, 0.5) is 0 Å². The summed E-state index contributed by atoms with van der Waals surface area (Å²) in [6.07, 6.45) is 3.46. The lowest BCUT2D eigenvalue weighted by atomic mass is 10.1. The standard InChI is InChI=1S/C20H17N3O4/c1-3-26-19(24)18-14-8-7-13(27-17-9-10-21-20(22-17)25-2)12-16(14)23-11-5-4-6-15(18)23/h4-12H,3H2,1-2H3. The molecule has 7 nitrogen and oxygen atoms in total. The second-order valence-corrected chi connectivity index (χ2v) is 5.71. The van der Waals surface area contributed by atoms with Gasteiger partial charge < -0.3 is 18.6 Å². The Kier molecular flexibility index (Phi) is 4.33. The third-order valence-electron chi connectivity index (χ3n) is 4.11. The number of esters is 1. The molecule has 0 spiro atoms. The summed E-state index contributed by atoms with van der Waals surface area (Å²) in [7, 11) is 1.49. The molecule has 7 heteroatoms. The fourth-order valence-corrected chi connectivity index (χ4v) is 3.00. The van der Waals surface area contributed by atoms with E-state index < -0.39 is 0 Å². The molecule has 0 saturated carbocycles. The van der Waals surface area contributed by atoms with E-state index in [4.69, 9.17) is 14.2 Å². The van der Waals surface area contributed by atoms with Gasteiger partial charge in [-0.25, -0.2) is 9.78 Å². The summed E-state index contributed by atoms with van der Waals surface area (Å²) >= 11 is 0. The van der Waals surface area contributed by atoms with Gasteiger partial charge in [-0.2, -0.15) is 4.98 Å². The highest BCUT2D eigenvalue weighted by molar-refractivity contribution is 6.11. The first-order valence-electron chi connectivity index (χ1n) is 8.46. The smallest absolute Gasteiger partial charge is 0.340 e. The highest BCUT2D eigenvalue weighted by Gasteiger charge is 2.19. The molecule has 0 fully saturated rings. The van der Waals surface area contributed by atoms with Crippen molar-refractivity contribution < 1.29 is 19.0 Å². The normalized spacial score (nSPS) is 10.9. The lowest BCUT2D eigenvalue weighted by Gasteiger charge is -2.06. The minimum Gasteiger partial charge on any atom is -0.467 e. The van der Waals surface area contributed by atoms with Crippen LogP contribution in [0.5, 0.6) is 17.6 Å². The molecule has 1 aromatic carbocycles. The van der Waals surface area contributed by atoms with Gasteiger partial charge in [-0.05, 0) is 31.2 Å². The van der Waals surface area contributed by atoms with Gasteiger partial charge in [0, 0.05) is 29.9 Å². The second-order valence-electron chi connectivity index (χ2n) is 5.71. The maximum absolute atomic E-state index is 12.5. The number of ether oxygens (including phenoxy) is 3. The van der Waals surface area contributed by atoms with Crippen molar-refractivity contribution in [3.05, 3.63) is 60.4 Å². The van der Waals surface area contributed by atoms with Crippen LogP contribution in [-0.2, 0) is 4.74 Å². The van der Waals surface area contributed by atoms with Crippen molar-refractivity contribution in [2.24, 2.45) is 0 Å². The zero-order valence-corrected chi connectivity index (χ0v) is 14.9. The fraction of sp³-hybridized carbons (Fsp3) is 0.150. The second kappa shape index (κ2) is 6.95. The van der Waals surface area contributed by atoms with Crippen LogP contribution in [0, 0.1) is 0 Å². The van der Waals surface area contributed by atoms with Gasteiger partial charge in [0.05, 0.1) is 30.3 Å². The predicted molar refractivity (Wildman–Crippen MR) is 99.5 cm³/mol. The van der Waals surface area contributed by atoms with E-state index in [0.717, 1.165) is 16.4 Å². The van der Waals surface area contributed by atoms with Crippen LogP contribution >= 0.6 is 0 Å². The Bertz CT molecular complexity index is 1140. The number of rotatable bonds is 5. The Morgan fingerprint density at radius 3 is 2.85 bits per heavy atom. The Morgan fingerprint density at radius 1 is 1.15 bits per heavy atom. The molecular weight excluding hydrogens is 346 g/mol. The number of fused-ring (bicyclic) bond motifs is 3. The molecule has 0 bridgehead atoms. The van der Waals surface area contributed by atoms with Gasteiger partial charge in [-0.3, -0.25) is 0 Å². The molecule has 136 valence electrons. The molecule has 0 unspecified atom stereocenters. The minimum absolute atomic E-state index is 0.228. The molecule has 4 aromatic rings. The van der Waals surface area contributed by atoms with Crippen molar-refractivity contribution in [3.8, 4) is 17.6 Å². The average molecular weight is 363 g/mol. The molecule has 0 N–H and O–H groups in total. The SMILES string of the molecule is CCOC(=O)c1c2ccc(Oc3ccnc(OC)n3)cc2n2ccccc12. The Morgan fingerprint density at radius 2 is 2.04 bits per heavy atom. The third kappa shape index (κ3) is 3.03. The first-order chi connectivity index (χ1) is 13.2. The van der Waals surface area contributed by atoms with Crippen molar-refractivity contribution in [1.29, 1.82) is 0 Å². The predicted octanol–water partition coefficient (Wildman–Crippen LogP) is 3.86. The van der Waals surface area contributed by atoms with Crippen LogP contribution in [0.3, 0.4) is 0 Å². The lowest BCUT2D eigenvalue weighted by molar-refractivity contribution is 0.0531. The summed E-state index contributed by atoms with van der Waals surface area (Å²) in [5, 5.41) is 0.798. The van der Waals surface area contributed by atoms with E-state index >= 15 is 0 Å². The number of carbonyl (C=O) groups excluding carboxylic acids is 1. The zero-order chi connectivity index (χ0) is 18.8. The molecule has 27 heavy (non-hydrogen) atoms. The third-order valence-corrected chi connectivity index (χ3v) is 4.11. The molecule has 0 amide bonds. The number of hydrogen-bond donors (Lipinski definition) is 0. The molecular formula is C20H17N3O4. The molecule has 0 radical (unpaired) electrons. The van der Waals surface area contributed by atoms with Crippen molar-refractivity contribution in [2.45, 2.75) is 6.92 Å².